The topological polar surface area (TPSA) is 81.4 Å². The molecule has 0 spiro atoms. The van der Waals surface area contributed by atoms with Gasteiger partial charge >= 0.3 is 5.97 Å². The second-order valence-electron chi connectivity index (χ2n) is 3.53. The van der Waals surface area contributed by atoms with Crippen LogP contribution in [0.4, 0.5) is 0 Å². The summed E-state index contributed by atoms with van der Waals surface area (Å²) in [4.78, 5) is 21.3. The van der Waals surface area contributed by atoms with E-state index in [9.17, 15) is 9.59 Å². The molecule has 0 bridgehead atoms. The molecule has 0 fully saturated rings. The van der Waals surface area contributed by atoms with Gasteiger partial charge in [0.25, 0.3) is 0 Å². The number of hydrogen-bond donors (Lipinski definition) is 2. The van der Waals surface area contributed by atoms with Crippen molar-refractivity contribution in [2.45, 2.75) is 13.3 Å². The summed E-state index contributed by atoms with van der Waals surface area (Å²) in [5, 5.41) is 3.08. The van der Waals surface area contributed by atoms with Gasteiger partial charge < -0.3 is 15.8 Å². The maximum absolute atomic E-state index is 10.9. The van der Waals surface area contributed by atoms with Crippen molar-refractivity contribution in [2.75, 3.05) is 13.2 Å². The molecular weight excluding hydrogens is 208 g/mol. The fourth-order valence-corrected chi connectivity index (χ4v) is 1.35. The molecule has 16 heavy (non-hydrogen) atoms. The van der Waals surface area contributed by atoms with Crippen LogP contribution in [0.2, 0.25) is 0 Å². The lowest BCUT2D eigenvalue weighted by Crippen LogP contribution is -2.25. The highest BCUT2D eigenvalue weighted by atomic mass is 16.5. The molecule has 1 aliphatic carbocycles. The number of ether oxygens (including phenoxy) is 1. The predicted molar refractivity (Wildman–Crippen MR) is 59.2 cm³/mol. The number of nitrogens with two attached hydrogens (primary N) is 1. The second-order valence-corrected chi connectivity index (χ2v) is 3.53. The van der Waals surface area contributed by atoms with Crippen LogP contribution < -0.4 is 11.1 Å². The lowest BCUT2D eigenvalue weighted by molar-refractivity contribution is -0.140. The van der Waals surface area contributed by atoms with Crippen molar-refractivity contribution in [3.63, 3.8) is 0 Å². The van der Waals surface area contributed by atoms with Crippen molar-refractivity contribution in [1.29, 1.82) is 0 Å². The number of carbonyl (C=O) groups excluding carboxylic acids is 2. The normalized spacial score (nSPS) is 18.8. The first-order valence-electron chi connectivity index (χ1n) is 5.14. The van der Waals surface area contributed by atoms with E-state index in [0.717, 1.165) is 5.70 Å². The number of primary amides is 1. The summed E-state index contributed by atoms with van der Waals surface area (Å²) in [5.41, 5.74) is 6.09. The molecule has 0 aromatic rings. The Labute approximate surface area is 94.3 Å². The van der Waals surface area contributed by atoms with E-state index in [1.165, 1.54) is 6.92 Å². The minimum absolute atomic E-state index is 0.209. The van der Waals surface area contributed by atoms with Crippen molar-refractivity contribution < 1.29 is 14.3 Å². The zero-order valence-electron chi connectivity index (χ0n) is 9.23. The maximum Gasteiger partial charge on any atom is 0.302 e. The Bertz CT molecular complexity index is 334. The highest BCUT2D eigenvalue weighted by molar-refractivity contribution is 5.79. The van der Waals surface area contributed by atoms with E-state index < -0.39 is 0 Å². The third kappa shape index (κ3) is 4.16. The van der Waals surface area contributed by atoms with E-state index in [0.29, 0.717) is 19.6 Å². The molecule has 3 N–H and O–H groups in total. The van der Waals surface area contributed by atoms with Gasteiger partial charge in [0.15, 0.2) is 0 Å². The van der Waals surface area contributed by atoms with E-state index in [1.807, 2.05) is 12.2 Å². The molecule has 0 saturated heterocycles. The monoisotopic (exact) mass is 224 g/mol. The molecule has 0 aromatic carbocycles. The van der Waals surface area contributed by atoms with Crippen LogP contribution in [0, 0.1) is 5.92 Å². The molecule has 5 heteroatoms. The van der Waals surface area contributed by atoms with Gasteiger partial charge in [0.1, 0.15) is 6.61 Å². The zero-order chi connectivity index (χ0) is 12.0. The van der Waals surface area contributed by atoms with Gasteiger partial charge in [-0.25, -0.2) is 0 Å². The smallest absolute Gasteiger partial charge is 0.302 e. The Morgan fingerprint density at radius 3 is 2.88 bits per heavy atom. The lowest BCUT2D eigenvalue weighted by Gasteiger charge is -2.14. The standard InChI is InChI=1S/C11H16N2O3/c1-8(14)16-7-6-13-10-4-2-9(3-5-10)11(12)15/h2,4-5,9,13H,3,6-7H2,1H3,(H2,12,15). The molecule has 1 atom stereocenters. The number of carbonyl (C=O) groups is 2. The highest BCUT2D eigenvalue weighted by Gasteiger charge is 2.13. The second kappa shape index (κ2) is 5.95. The van der Waals surface area contributed by atoms with Crippen LogP contribution in [0.3, 0.4) is 0 Å². The highest BCUT2D eigenvalue weighted by Crippen LogP contribution is 2.13. The van der Waals surface area contributed by atoms with E-state index >= 15 is 0 Å². The van der Waals surface area contributed by atoms with Crippen LogP contribution in [0.5, 0.6) is 0 Å². The van der Waals surface area contributed by atoms with Gasteiger partial charge in [-0.05, 0) is 12.5 Å². The molecule has 1 aliphatic rings. The molecule has 0 aliphatic heterocycles. The minimum Gasteiger partial charge on any atom is -0.464 e. The quantitative estimate of drug-likeness (QED) is 0.512. The fraction of sp³-hybridized carbons (Fsp3) is 0.455. The van der Waals surface area contributed by atoms with Gasteiger partial charge in [-0.1, -0.05) is 12.2 Å². The Morgan fingerprint density at radius 2 is 2.38 bits per heavy atom. The van der Waals surface area contributed by atoms with Crippen molar-refractivity contribution in [3.8, 4) is 0 Å². The van der Waals surface area contributed by atoms with Gasteiger partial charge in [-0.2, -0.15) is 0 Å². The summed E-state index contributed by atoms with van der Waals surface area (Å²) in [6.45, 7) is 2.26. The van der Waals surface area contributed by atoms with Crippen molar-refractivity contribution in [1.82, 2.24) is 5.32 Å². The third-order valence-corrected chi connectivity index (χ3v) is 2.20. The summed E-state index contributed by atoms with van der Waals surface area (Å²) in [5.74, 6) is -0.811. The SMILES string of the molecule is CC(=O)OCCNC1=CCC(C(N)=O)C=C1. The van der Waals surface area contributed by atoms with Gasteiger partial charge in [0.2, 0.25) is 5.91 Å². The molecule has 0 heterocycles. The molecule has 88 valence electrons. The molecule has 1 rings (SSSR count). The molecule has 5 nitrogen and oxygen atoms in total. The van der Waals surface area contributed by atoms with Gasteiger partial charge in [0.05, 0.1) is 5.92 Å². The van der Waals surface area contributed by atoms with E-state index in [2.05, 4.69) is 5.32 Å². The molecule has 1 amide bonds. The predicted octanol–water partition coefficient (Wildman–Crippen LogP) is 0.0844. The molecular formula is C11H16N2O3. The molecule has 1 unspecified atom stereocenters. The number of hydrogen-bond acceptors (Lipinski definition) is 4. The summed E-state index contributed by atoms with van der Waals surface area (Å²) < 4.78 is 4.77. The summed E-state index contributed by atoms with van der Waals surface area (Å²) in [6.07, 6.45) is 6.11. The van der Waals surface area contributed by atoms with Crippen LogP contribution in [-0.4, -0.2) is 25.0 Å². The van der Waals surface area contributed by atoms with Gasteiger partial charge in [-0.3, -0.25) is 9.59 Å². The third-order valence-electron chi connectivity index (χ3n) is 2.20. The lowest BCUT2D eigenvalue weighted by atomic mass is 9.99. The first-order valence-corrected chi connectivity index (χ1v) is 5.14. The average Bonchev–Trinajstić information content (AvgIpc) is 2.25. The number of rotatable bonds is 5. The van der Waals surface area contributed by atoms with Gasteiger partial charge in [-0.15, -0.1) is 0 Å². The van der Waals surface area contributed by atoms with E-state index in [1.54, 1.807) is 6.08 Å². The van der Waals surface area contributed by atoms with Crippen LogP contribution >= 0.6 is 0 Å². The average molecular weight is 224 g/mol. The molecule has 0 radical (unpaired) electrons. The molecule has 0 saturated carbocycles. The molecule has 0 aromatic heterocycles. The number of nitrogens with one attached hydrogen (secondary N) is 1. The Hall–Kier alpha value is -1.78. The summed E-state index contributed by atoms with van der Waals surface area (Å²) in [6, 6.07) is 0. The number of amides is 1. The first kappa shape index (κ1) is 12.3. The number of allylic oxidation sites excluding steroid dienone is 2. The summed E-state index contributed by atoms with van der Waals surface area (Å²) in [7, 11) is 0. The Kier molecular flexibility index (Phi) is 4.57. The van der Waals surface area contributed by atoms with E-state index in [-0.39, 0.29) is 17.8 Å². The van der Waals surface area contributed by atoms with E-state index in [4.69, 9.17) is 10.5 Å². The number of esters is 1. The maximum atomic E-state index is 10.9. The fourth-order valence-electron chi connectivity index (χ4n) is 1.35. The van der Waals surface area contributed by atoms with Crippen molar-refractivity contribution in [3.05, 3.63) is 23.9 Å². The summed E-state index contributed by atoms with van der Waals surface area (Å²) >= 11 is 0. The van der Waals surface area contributed by atoms with Crippen molar-refractivity contribution >= 4 is 11.9 Å². The van der Waals surface area contributed by atoms with Crippen LogP contribution in [0.1, 0.15) is 13.3 Å². The van der Waals surface area contributed by atoms with Gasteiger partial charge in [0, 0.05) is 19.2 Å². The Morgan fingerprint density at radius 1 is 1.62 bits per heavy atom. The first-order chi connectivity index (χ1) is 7.59. The van der Waals surface area contributed by atoms with Crippen LogP contribution in [0.15, 0.2) is 23.9 Å². The van der Waals surface area contributed by atoms with Crippen LogP contribution in [0.25, 0.3) is 0 Å². The zero-order valence-corrected chi connectivity index (χ0v) is 9.23. The van der Waals surface area contributed by atoms with Crippen LogP contribution in [-0.2, 0) is 14.3 Å². The van der Waals surface area contributed by atoms with Crippen molar-refractivity contribution in [2.24, 2.45) is 11.7 Å². The Balaban J connectivity index is 2.23. The minimum atomic E-state index is -0.313. The largest absolute Gasteiger partial charge is 0.464 e.